The van der Waals surface area contributed by atoms with Crippen LogP contribution >= 0.6 is 11.6 Å². The number of aromatic amines is 1. The number of halogens is 1. The summed E-state index contributed by atoms with van der Waals surface area (Å²) in [7, 11) is 3.20. The molecule has 1 aliphatic rings. The maximum absolute atomic E-state index is 13.0. The highest BCUT2D eigenvalue weighted by Gasteiger charge is 2.52. The molecule has 1 aliphatic carbocycles. The number of anilines is 1. The smallest absolute Gasteiger partial charge is 0.235 e. The quantitative estimate of drug-likeness (QED) is 0.694. The topological polar surface area (TPSA) is 63.4 Å². The van der Waals surface area contributed by atoms with Gasteiger partial charge >= 0.3 is 0 Å². The van der Waals surface area contributed by atoms with E-state index >= 15 is 0 Å². The molecule has 134 valence electrons. The highest BCUT2D eigenvalue weighted by Crippen LogP contribution is 2.51. The standard InChI is InChI=1S/C20H19ClN2O3/c1-25-13-4-5-17-14(10-13)15(11-22-17)20(7-8-20)19(24)23-12-3-6-18(26-2)16(21)9-12/h3-6,9-11,22H,7-8H2,1-2H3,(H,23,24). The molecule has 1 fully saturated rings. The molecule has 1 aromatic heterocycles. The molecule has 0 atom stereocenters. The molecular weight excluding hydrogens is 352 g/mol. The second-order valence-corrected chi connectivity index (χ2v) is 6.91. The van der Waals surface area contributed by atoms with E-state index in [9.17, 15) is 4.79 Å². The zero-order chi connectivity index (χ0) is 18.3. The fourth-order valence-electron chi connectivity index (χ4n) is 3.36. The fraction of sp³-hybridized carbons (Fsp3) is 0.250. The summed E-state index contributed by atoms with van der Waals surface area (Å²) in [6.07, 6.45) is 3.55. The number of hydrogen-bond donors (Lipinski definition) is 2. The fourth-order valence-corrected chi connectivity index (χ4v) is 3.62. The summed E-state index contributed by atoms with van der Waals surface area (Å²) in [6.45, 7) is 0. The van der Waals surface area contributed by atoms with Gasteiger partial charge in [-0.1, -0.05) is 11.6 Å². The van der Waals surface area contributed by atoms with Crippen LogP contribution in [0.15, 0.2) is 42.6 Å². The first-order valence-corrected chi connectivity index (χ1v) is 8.76. The lowest BCUT2D eigenvalue weighted by molar-refractivity contribution is -0.118. The van der Waals surface area contributed by atoms with Gasteiger partial charge in [-0.3, -0.25) is 4.79 Å². The Labute approximate surface area is 156 Å². The van der Waals surface area contributed by atoms with E-state index in [-0.39, 0.29) is 5.91 Å². The maximum atomic E-state index is 13.0. The molecule has 1 amide bonds. The highest BCUT2D eigenvalue weighted by atomic mass is 35.5. The van der Waals surface area contributed by atoms with Crippen LogP contribution in [0, 0.1) is 0 Å². The van der Waals surface area contributed by atoms with E-state index in [4.69, 9.17) is 21.1 Å². The Kier molecular flexibility index (Phi) is 4.04. The Morgan fingerprint density at radius 2 is 1.96 bits per heavy atom. The lowest BCUT2D eigenvalue weighted by Gasteiger charge is -2.16. The Bertz CT molecular complexity index is 992. The first kappa shape index (κ1) is 16.8. The molecule has 2 N–H and O–H groups in total. The number of carbonyl (C=O) groups is 1. The van der Waals surface area contributed by atoms with Crippen molar-refractivity contribution in [2.24, 2.45) is 0 Å². The molecule has 0 spiro atoms. The van der Waals surface area contributed by atoms with Gasteiger partial charge in [0.25, 0.3) is 0 Å². The van der Waals surface area contributed by atoms with Crippen LogP contribution in [0.3, 0.4) is 0 Å². The van der Waals surface area contributed by atoms with Crippen molar-refractivity contribution in [2.45, 2.75) is 18.3 Å². The molecule has 5 nitrogen and oxygen atoms in total. The first-order chi connectivity index (χ1) is 12.6. The van der Waals surface area contributed by atoms with Crippen LogP contribution in [0.4, 0.5) is 5.69 Å². The van der Waals surface area contributed by atoms with Gasteiger partial charge in [-0.05, 0) is 54.8 Å². The number of methoxy groups -OCH3 is 2. The van der Waals surface area contributed by atoms with E-state index in [1.807, 2.05) is 24.4 Å². The van der Waals surface area contributed by atoms with Crippen LogP contribution in [0.25, 0.3) is 10.9 Å². The largest absolute Gasteiger partial charge is 0.497 e. The van der Waals surface area contributed by atoms with Crippen molar-refractivity contribution in [3.8, 4) is 11.5 Å². The number of hydrogen-bond acceptors (Lipinski definition) is 3. The van der Waals surface area contributed by atoms with Crippen LogP contribution in [0.2, 0.25) is 5.02 Å². The van der Waals surface area contributed by atoms with Crippen LogP contribution in [-0.2, 0) is 10.2 Å². The molecule has 0 bridgehead atoms. The number of nitrogens with one attached hydrogen (secondary N) is 2. The number of amides is 1. The summed E-state index contributed by atoms with van der Waals surface area (Å²) >= 11 is 6.16. The van der Waals surface area contributed by atoms with Crippen molar-refractivity contribution in [3.05, 3.63) is 53.2 Å². The minimum absolute atomic E-state index is 0.0255. The van der Waals surface area contributed by atoms with Gasteiger partial charge in [-0.15, -0.1) is 0 Å². The lowest BCUT2D eigenvalue weighted by Crippen LogP contribution is -2.27. The molecule has 0 aliphatic heterocycles. The summed E-state index contributed by atoms with van der Waals surface area (Å²) in [5.41, 5.74) is 2.14. The van der Waals surface area contributed by atoms with Crippen LogP contribution < -0.4 is 14.8 Å². The number of carbonyl (C=O) groups excluding carboxylic acids is 1. The van der Waals surface area contributed by atoms with E-state index in [1.54, 1.807) is 32.4 Å². The second kappa shape index (κ2) is 6.25. The van der Waals surface area contributed by atoms with Crippen LogP contribution in [-0.4, -0.2) is 25.1 Å². The Morgan fingerprint density at radius 3 is 2.62 bits per heavy atom. The zero-order valence-corrected chi connectivity index (χ0v) is 15.3. The molecular formula is C20H19ClN2O3. The van der Waals surface area contributed by atoms with Crippen LogP contribution in [0.1, 0.15) is 18.4 Å². The predicted molar refractivity (Wildman–Crippen MR) is 102 cm³/mol. The normalized spacial score (nSPS) is 14.9. The monoisotopic (exact) mass is 370 g/mol. The summed E-state index contributed by atoms with van der Waals surface area (Å²) in [5, 5.41) is 4.48. The molecule has 0 saturated heterocycles. The minimum Gasteiger partial charge on any atom is -0.497 e. The van der Waals surface area contributed by atoms with Crippen molar-refractivity contribution < 1.29 is 14.3 Å². The minimum atomic E-state index is -0.517. The number of ether oxygens (including phenoxy) is 2. The van der Waals surface area contributed by atoms with Gasteiger partial charge in [0, 0.05) is 22.8 Å². The van der Waals surface area contributed by atoms with Gasteiger partial charge in [0.1, 0.15) is 11.5 Å². The van der Waals surface area contributed by atoms with Gasteiger partial charge in [-0.25, -0.2) is 0 Å². The predicted octanol–water partition coefficient (Wildman–Crippen LogP) is 4.51. The van der Waals surface area contributed by atoms with Gasteiger partial charge in [0.05, 0.1) is 24.7 Å². The number of H-pyrrole nitrogens is 1. The third-order valence-electron chi connectivity index (χ3n) is 5.00. The van der Waals surface area contributed by atoms with Crippen LogP contribution in [0.5, 0.6) is 11.5 Å². The molecule has 26 heavy (non-hydrogen) atoms. The molecule has 0 unspecified atom stereocenters. The Balaban J connectivity index is 1.65. The van der Waals surface area contributed by atoms with Crippen molar-refractivity contribution in [1.82, 2.24) is 4.98 Å². The Morgan fingerprint density at radius 1 is 1.15 bits per heavy atom. The maximum Gasteiger partial charge on any atom is 0.235 e. The van der Waals surface area contributed by atoms with Gasteiger partial charge in [0.2, 0.25) is 5.91 Å². The Hall–Kier alpha value is -2.66. The second-order valence-electron chi connectivity index (χ2n) is 6.50. The van der Waals surface area contributed by atoms with E-state index in [0.29, 0.717) is 16.5 Å². The molecule has 2 aromatic carbocycles. The third kappa shape index (κ3) is 2.69. The average Bonchev–Trinajstić information content (AvgIpc) is 3.35. The van der Waals surface area contributed by atoms with E-state index in [2.05, 4.69) is 10.3 Å². The van der Waals surface area contributed by atoms with Gasteiger partial charge in [0.15, 0.2) is 0 Å². The molecule has 3 aromatic rings. The lowest BCUT2D eigenvalue weighted by atomic mass is 9.94. The van der Waals surface area contributed by atoms with Gasteiger partial charge in [-0.2, -0.15) is 0 Å². The number of rotatable bonds is 5. The molecule has 1 saturated carbocycles. The SMILES string of the molecule is COc1ccc2[nH]cc(C3(C(=O)Nc4ccc(OC)c(Cl)c4)CC3)c2c1. The van der Waals surface area contributed by atoms with E-state index in [0.717, 1.165) is 35.1 Å². The molecule has 1 heterocycles. The molecule has 6 heteroatoms. The van der Waals surface area contributed by atoms with Crippen molar-refractivity contribution in [2.75, 3.05) is 19.5 Å². The molecule has 0 radical (unpaired) electrons. The van der Waals surface area contributed by atoms with Crippen molar-refractivity contribution in [1.29, 1.82) is 0 Å². The molecule has 4 rings (SSSR count). The number of aromatic nitrogens is 1. The summed E-state index contributed by atoms with van der Waals surface area (Å²) in [4.78, 5) is 16.3. The summed E-state index contributed by atoms with van der Waals surface area (Å²) in [6, 6.07) is 11.1. The third-order valence-corrected chi connectivity index (χ3v) is 5.29. The van der Waals surface area contributed by atoms with E-state index in [1.165, 1.54) is 0 Å². The summed E-state index contributed by atoms with van der Waals surface area (Å²) in [5.74, 6) is 1.33. The van der Waals surface area contributed by atoms with Gasteiger partial charge < -0.3 is 19.8 Å². The number of benzene rings is 2. The van der Waals surface area contributed by atoms with Crippen molar-refractivity contribution in [3.63, 3.8) is 0 Å². The average molecular weight is 371 g/mol. The zero-order valence-electron chi connectivity index (χ0n) is 14.6. The number of fused-ring (bicyclic) bond motifs is 1. The first-order valence-electron chi connectivity index (χ1n) is 8.38. The highest BCUT2D eigenvalue weighted by molar-refractivity contribution is 6.32. The van der Waals surface area contributed by atoms with E-state index < -0.39 is 5.41 Å². The summed E-state index contributed by atoms with van der Waals surface area (Å²) < 4.78 is 10.5. The van der Waals surface area contributed by atoms with Crippen molar-refractivity contribution >= 4 is 34.1 Å².